The molecule has 2 aliphatic heterocycles. The second kappa shape index (κ2) is 7.64. The highest BCUT2D eigenvalue weighted by atomic mass is 35.5. The Bertz CT molecular complexity index is 414. The van der Waals surface area contributed by atoms with Crippen molar-refractivity contribution in [3.63, 3.8) is 0 Å². The Labute approximate surface area is 139 Å². The van der Waals surface area contributed by atoms with Gasteiger partial charge >= 0.3 is 0 Å². The summed E-state index contributed by atoms with van der Waals surface area (Å²) >= 11 is 0. The molecule has 2 heterocycles. The largest absolute Gasteiger partial charge is 0.352 e. The monoisotopic (exact) mass is 329 g/mol. The Morgan fingerprint density at radius 2 is 1.86 bits per heavy atom. The second-order valence-electron chi connectivity index (χ2n) is 6.90. The summed E-state index contributed by atoms with van der Waals surface area (Å²) in [6.07, 6.45) is 6.11. The molecule has 0 spiro atoms. The number of hydrogen-bond donors (Lipinski definition) is 2. The van der Waals surface area contributed by atoms with E-state index in [9.17, 15) is 9.59 Å². The molecule has 3 atom stereocenters. The van der Waals surface area contributed by atoms with E-state index >= 15 is 0 Å². The van der Waals surface area contributed by atoms with Crippen LogP contribution in [-0.2, 0) is 9.59 Å². The molecule has 3 unspecified atom stereocenters. The standard InChI is InChI=1S/C16H27N3O2.ClH/c1-11-14(5-2-8-17-11)18-15(20)13-4-3-9-19(10-13)16(21)12-6-7-12;/h11-14,17H,2-10H2,1H3,(H,18,20);1H. The van der Waals surface area contributed by atoms with Gasteiger partial charge in [0.2, 0.25) is 11.8 Å². The SMILES string of the molecule is CC1NCCCC1NC(=O)C1CCCN(C(=O)C2CC2)C1.Cl. The number of amides is 2. The molecule has 2 N–H and O–H groups in total. The van der Waals surface area contributed by atoms with Crippen LogP contribution in [0.15, 0.2) is 0 Å². The first-order valence-corrected chi connectivity index (χ1v) is 8.47. The zero-order valence-electron chi connectivity index (χ0n) is 13.3. The molecule has 1 aliphatic carbocycles. The molecule has 3 rings (SSSR count). The third-order valence-electron chi connectivity index (χ3n) is 5.12. The topological polar surface area (TPSA) is 61.4 Å². The molecule has 2 amide bonds. The zero-order chi connectivity index (χ0) is 14.8. The summed E-state index contributed by atoms with van der Waals surface area (Å²) in [6.45, 7) is 4.63. The van der Waals surface area contributed by atoms with E-state index in [-0.39, 0.29) is 42.1 Å². The summed E-state index contributed by atoms with van der Waals surface area (Å²) in [6, 6.07) is 0.580. The first-order valence-electron chi connectivity index (χ1n) is 8.47. The van der Waals surface area contributed by atoms with Gasteiger partial charge in [0.25, 0.3) is 0 Å². The summed E-state index contributed by atoms with van der Waals surface area (Å²) in [5.41, 5.74) is 0. The van der Waals surface area contributed by atoms with Gasteiger partial charge in [-0.25, -0.2) is 0 Å². The van der Waals surface area contributed by atoms with E-state index in [2.05, 4.69) is 17.6 Å². The van der Waals surface area contributed by atoms with Crippen LogP contribution in [-0.4, -0.2) is 48.4 Å². The predicted molar refractivity (Wildman–Crippen MR) is 87.9 cm³/mol. The van der Waals surface area contributed by atoms with Crippen molar-refractivity contribution in [3.05, 3.63) is 0 Å². The van der Waals surface area contributed by atoms with Crippen molar-refractivity contribution in [1.82, 2.24) is 15.5 Å². The molecule has 3 aliphatic rings. The Balaban J connectivity index is 0.00000176. The van der Waals surface area contributed by atoms with Gasteiger partial charge in [0.05, 0.1) is 5.92 Å². The lowest BCUT2D eigenvalue weighted by atomic mass is 9.94. The quantitative estimate of drug-likeness (QED) is 0.821. The van der Waals surface area contributed by atoms with E-state index < -0.39 is 0 Å². The van der Waals surface area contributed by atoms with Crippen LogP contribution in [0, 0.1) is 11.8 Å². The van der Waals surface area contributed by atoms with Crippen LogP contribution in [0.3, 0.4) is 0 Å². The van der Waals surface area contributed by atoms with Crippen LogP contribution >= 0.6 is 12.4 Å². The molecule has 0 aromatic heterocycles. The van der Waals surface area contributed by atoms with Crippen LogP contribution in [0.1, 0.15) is 45.4 Å². The highest BCUT2D eigenvalue weighted by Crippen LogP contribution is 2.32. The van der Waals surface area contributed by atoms with Crippen molar-refractivity contribution >= 4 is 24.2 Å². The third-order valence-corrected chi connectivity index (χ3v) is 5.12. The van der Waals surface area contributed by atoms with Gasteiger partial charge in [-0.1, -0.05) is 0 Å². The molecule has 1 saturated carbocycles. The van der Waals surface area contributed by atoms with Crippen LogP contribution < -0.4 is 10.6 Å². The van der Waals surface area contributed by atoms with E-state index in [1.165, 1.54) is 0 Å². The van der Waals surface area contributed by atoms with Crippen LogP contribution in [0.4, 0.5) is 0 Å². The number of nitrogens with one attached hydrogen (secondary N) is 2. The molecule has 0 radical (unpaired) electrons. The summed E-state index contributed by atoms with van der Waals surface area (Å²) < 4.78 is 0. The minimum absolute atomic E-state index is 0. The van der Waals surface area contributed by atoms with Gasteiger partial charge in [0.15, 0.2) is 0 Å². The van der Waals surface area contributed by atoms with E-state index in [4.69, 9.17) is 0 Å². The lowest BCUT2D eigenvalue weighted by molar-refractivity contribution is -0.137. The molecular formula is C16H28ClN3O2. The molecule has 6 heteroatoms. The number of carbonyl (C=O) groups is 2. The third kappa shape index (κ3) is 4.13. The molecular weight excluding hydrogens is 302 g/mol. The van der Waals surface area contributed by atoms with Gasteiger partial charge in [-0.05, 0) is 52.0 Å². The van der Waals surface area contributed by atoms with Crippen molar-refractivity contribution in [3.8, 4) is 0 Å². The van der Waals surface area contributed by atoms with Gasteiger partial charge in [0.1, 0.15) is 0 Å². The van der Waals surface area contributed by atoms with Crippen molar-refractivity contribution in [2.45, 2.75) is 57.5 Å². The van der Waals surface area contributed by atoms with Crippen molar-refractivity contribution in [1.29, 1.82) is 0 Å². The summed E-state index contributed by atoms with van der Waals surface area (Å²) in [4.78, 5) is 26.6. The lowest BCUT2D eigenvalue weighted by Crippen LogP contribution is -2.54. The predicted octanol–water partition coefficient (Wildman–Crippen LogP) is 1.31. The fourth-order valence-corrected chi connectivity index (χ4v) is 3.52. The molecule has 0 bridgehead atoms. The number of likely N-dealkylation sites (tertiary alicyclic amines) is 1. The highest BCUT2D eigenvalue weighted by Gasteiger charge is 2.37. The zero-order valence-corrected chi connectivity index (χ0v) is 14.2. The Hall–Kier alpha value is -0.810. The molecule has 126 valence electrons. The number of carbonyl (C=O) groups excluding carboxylic acids is 2. The molecule has 5 nitrogen and oxygen atoms in total. The number of nitrogens with zero attached hydrogens (tertiary/aromatic N) is 1. The Kier molecular flexibility index (Phi) is 6.09. The number of piperidine rings is 2. The van der Waals surface area contributed by atoms with Crippen molar-refractivity contribution in [2.24, 2.45) is 11.8 Å². The summed E-state index contributed by atoms with van der Waals surface area (Å²) in [5, 5.41) is 6.61. The Morgan fingerprint density at radius 1 is 1.09 bits per heavy atom. The molecule has 3 fully saturated rings. The first kappa shape index (κ1) is 17.5. The maximum absolute atomic E-state index is 12.5. The van der Waals surface area contributed by atoms with Gasteiger partial charge in [-0.2, -0.15) is 0 Å². The van der Waals surface area contributed by atoms with Crippen LogP contribution in [0.5, 0.6) is 0 Å². The molecule has 2 saturated heterocycles. The first-order chi connectivity index (χ1) is 10.1. The van der Waals surface area contributed by atoms with Crippen LogP contribution in [0.25, 0.3) is 0 Å². The number of rotatable bonds is 3. The average molecular weight is 330 g/mol. The van der Waals surface area contributed by atoms with E-state index in [1.54, 1.807) is 0 Å². The minimum atomic E-state index is -0.0180. The van der Waals surface area contributed by atoms with E-state index in [0.717, 1.165) is 51.6 Å². The van der Waals surface area contributed by atoms with Crippen molar-refractivity contribution < 1.29 is 9.59 Å². The minimum Gasteiger partial charge on any atom is -0.352 e. The normalized spacial score (nSPS) is 32.0. The molecule has 0 aromatic carbocycles. The van der Waals surface area contributed by atoms with Crippen molar-refractivity contribution in [2.75, 3.05) is 19.6 Å². The fraction of sp³-hybridized carbons (Fsp3) is 0.875. The fourth-order valence-electron chi connectivity index (χ4n) is 3.52. The summed E-state index contributed by atoms with van der Waals surface area (Å²) in [7, 11) is 0. The smallest absolute Gasteiger partial charge is 0.225 e. The van der Waals surface area contributed by atoms with Gasteiger partial charge in [-0.3, -0.25) is 9.59 Å². The van der Waals surface area contributed by atoms with Crippen LogP contribution in [0.2, 0.25) is 0 Å². The number of halogens is 1. The maximum Gasteiger partial charge on any atom is 0.225 e. The van der Waals surface area contributed by atoms with Gasteiger partial charge < -0.3 is 15.5 Å². The maximum atomic E-state index is 12.5. The lowest BCUT2D eigenvalue weighted by Gasteiger charge is -2.35. The average Bonchev–Trinajstić information content (AvgIpc) is 3.34. The van der Waals surface area contributed by atoms with E-state index in [0.29, 0.717) is 12.6 Å². The van der Waals surface area contributed by atoms with E-state index in [1.807, 2.05) is 4.90 Å². The number of hydrogen-bond acceptors (Lipinski definition) is 3. The molecule has 0 aromatic rings. The highest BCUT2D eigenvalue weighted by molar-refractivity contribution is 5.85. The Morgan fingerprint density at radius 3 is 2.55 bits per heavy atom. The molecule has 22 heavy (non-hydrogen) atoms. The second-order valence-corrected chi connectivity index (χ2v) is 6.90. The summed E-state index contributed by atoms with van der Waals surface area (Å²) in [5.74, 6) is 0.661. The van der Waals surface area contributed by atoms with Gasteiger partial charge in [0, 0.05) is 31.1 Å². The van der Waals surface area contributed by atoms with Gasteiger partial charge in [-0.15, -0.1) is 12.4 Å².